The van der Waals surface area contributed by atoms with Crippen LogP contribution in [0.4, 0.5) is 0 Å². The van der Waals surface area contributed by atoms with Gasteiger partial charge in [0.05, 0.1) is 14.2 Å². The Labute approximate surface area is 123 Å². The first-order valence-corrected chi connectivity index (χ1v) is 6.84. The van der Waals surface area contributed by atoms with E-state index >= 15 is 0 Å². The summed E-state index contributed by atoms with van der Waals surface area (Å²) in [6, 6.07) is 5.67. The summed E-state index contributed by atoms with van der Waals surface area (Å²) in [5, 5.41) is 7.17. The lowest BCUT2D eigenvalue weighted by atomic mass is 10.1. The van der Waals surface area contributed by atoms with Gasteiger partial charge in [0.25, 0.3) is 0 Å². The number of H-pyrrole nitrogens is 1. The third-order valence-corrected chi connectivity index (χ3v) is 3.23. The average Bonchev–Trinajstić information content (AvgIpc) is 2.79. The molecule has 20 heavy (non-hydrogen) atoms. The molecule has 0 aliphatic heterocycles. The molecule has 1 N–H and O–H groups in total. The second-order valence-corrected chi connectivity index (χ2v) is 5.34. The summed E-state index contributed by atoms with van der Waals surface area (Å²) in [5.74, 6) is 2.72. The van der Waals surface area contributed by atoms with Gasteiger partial charge in [0, 0.05) is 18.2 Å². The van der Waals surface area contributed by atoms with E-state index in [0.717, 1.165) is 29.4 Å². The van der Waals surface area contributed by atoms with E-state index in [4.69, 9.17) is 21.7 Å². The molecule has 0 atom stereocenters. The first kappa shape index (κ1) is 14.6. The predicted octanol–water partition coefficient (Wildman–Crippen LogP) is 3.28. The standard InChI is InChI=1S/C14H19N3O2S/c1-9(2)8-17-13(15-16-14(17)20)10-5-11(18-3)7-12(6-10)19-4/h5-7,9H,8H2,1-4H3,(H,16,20). The van der Waals surface area contributed by atoms with Gasteiger partial charge in [-0.05, 0) is 30.3 Å². The lowest BCUT2D eigenvalue weighted by Gasteiger charge is -2.11. The molecule has 0 bridgehead atoms. The number of rotatable bonds is 5. The van der Waals surface area contributed by atoms with Crippen molar-refractivity contribution in [2.24, 2.45) is 5.92 Å². The van der Waals surface area contributed by atoms with Gasteiger partial charge in [-0.2, -0.15) is 5.10 Å². The van der Waals surface area contributed by atoms with Crippen molar-refractivity contribution >= 4 is 12.2 Å². The van der Waals surface area contributed by atoms with E-state index in [0.29, 0.717) is 10.7 Å². The van der Waals surface area contributed by atoms with Crippen LogP contribution in [0.5, 0.6) is 11.5 Å². The van der Waals surface area contributed by atoms with E-state index in [1.165, 1.54) is 0 Å². The summed E-state index contributed by atoms with van der Waals surface area (Å²) in [6.45, 7) is 5.10. The fraction of sp³-hybridized carbons (Fsp3) is 0.429. The van der Waals surface area contributed by atoms with Gasteiger partial charge in [-0.3, -0.25) is 9.67 Å². The SMILES string of the molecule is COc1cc(OC)cc(-c2n[nH]c(=S)n2CC(C)C)c1. The van der Waals surface area contributed by atoms with E-state index in [1.807, 2.05) is 22.8 Å². The molecule has 0 spiro atoms. The molecule has 0 aliphatic carbocycles. The highest BCUT2D eigenvalue weighted by Gasteiger charge is 2.12. The molecule has 0 unspecified atom stereocenters. The van der Waals surface area contributed by atoms with Crippen LogP contribution < -0.4 is 9.47 Å². The smallest absolute Gasteiger partial charge is 0.195 e. The maximum Gasteiger partial charge on any atom is 0.195 e. The van der Waals surface area contributed by atoms with Crippen LogP contribution in [0.25, 0.3) is 11.4 Å². The summed E-state index contributed by atoms with van der Waals surface area (Å²) < 4.78 is 13.2. The quantitative estimate of drug-likeness (QED) is 0.860. The Bertz CT molecular complexity index is 624. The lowest BCUT2D eigenvalue weighted by Crippen LogP contribution is -2.06. The Morgan fingerprint density at radius 2 is 1.80 bits per heavy atom. The van der Waals surface area contributed by atoms with E-state index in [9.17, 15) is 0 Å². The molecule has 0 aliphatic rings. The number of ether oxygens (including phenoxy) is 2. The highest BCUT2D eigenvalue weighted by molar-refractivity contribution is 7.71. The van der Waals surface area contributed by atoms with Crippen molar-refractivity contribution in [3.05, 3.63) is 23.0 Å². The Balaban J connectivity index is 2.53. The van der Waals surface area contributed by atoms with Gasteiger partial charge in [-0.25, -0.2) is 0 Å². The number of benzene rings is 1. The van der Waals surface area contributed by atoms with Crippen LogP contribution in [0.3, 0.4) is 0 Å². The molecule has 1 heterocycles. The lowest BCUT2D eigenvalue weighted by molar-refractivity contribution is 0.394. The fourth-order valence-corrected chi connectivity index (χ4v) is 2.22. The topological polar surface area (TPSA) is 52.1 Å². The molecule has 108 valence electrons. The molecule has 0 saturated heterocycles. The van der Waals surface area contributed by atoms with Gasteiger partial charge in [0.15, 0.2) is 10.6 Å². The molecule has 0 amide bonds. The zero-order valence-electron chi connectivity index (χ0n) is 12.1. The van der Waals surface area contributed by atoms with Crippen molar-refractivity contribution in [1.29, 1.82) is 0 Å². The normalized spacial score (nSPS) is 10.8. The van der Waals surface area contributed by atoms with E-state index in [1.54, 1.807) is 14.2 Å². The summed E-state index contributed by atoms with van der Waals surface area (Å²) in [7, 11) is 3.26. The van der Waals surface area contributed by atoms with Crippen LogP contribution in [-0.2, 0) is 6.54 Å². The van der Waals surface area contributed by atoms with Crippen molar-refractivity contribution in [2.75, 3.05) is 14.2 Å². The molecule has 0 fully saturated rings. The Kier molecular flexibility index (Phi) is 4.44. The van der Waals surface area contributed by atoms with Crippen LogP contribution in [0.15, 0.2) is 18.2 Å². The van der Waals surface area contributed by atoms with Gasteiger partial charge in [-0.15, -0.1) is 0 Å². The third kappa shape index (κ3) is 3.01. The summed E-state index contributed by atoms with van der Waals surface area (Å²) in [4.78, 5) is 0. The first-order valence-electron chi connectivity index (χ1n) is 6.43. The van der Waals surface area contributed by atoms with Gasteiger partial charge in [0.2, 0.25) is 0 Å². The second-order valence-electron chi connectivity index (χ2n) is 4.96. The number of hydrogen-bond acceptors (Lipinski definition) is 4. The number of aromatic nitrogens is 3. The number of nitrogens with one attached hydrogen (secondary N) is 1. The average molecular weight is 293 g/mol. The first-order chi connectivity index (χ1) is 9.55. The monoisotopic (exact) mass is 293 g/mol. The van der Waals surface area contributed by atoms with Crippen LogP contribution in [0.2, 0.25) is 0 Å². The van der Waals surface area contributed by atoms with Crippen molar-refractivity contribution in [1.82, 2.24) is 14.8 Å². The molecule has 0 radical (unpaired) electrons. The Hall–Kier alpha value is -1.82. The van der Waals surface area contributed by atoms with Crippen LogP contribution in [-0.4, -0.2) is 29.0 Å². The van der Waals surface area contributed by atoms with E-state index in [-0.39, 0.29) is 0 Å². The number of nitrogens with zero attached hydrogens (tertiary/aromatic N) is 2. The maximum absolute atomic E-state index is 5.30. The minimum Gasteiger partial charge on any atom is -0.497 e. The minimum absolute atomic E-state index is 0.477. The van der Waals surface area contributed by atoms with E-state index in [2.05, 4.69) is 24.0 Å². The van der Waals surface area contributed by atoms with Gasteiger partial charge >= 0.3 is 0 Å². The predicted molar refractivity (Wildman–Crippen MR) is 80.8 cm³/mol. The minimum atomic E-state index is 0.477. The molecule has 0 saturated carbocycles. The molecule has 5 nitrogen and oxygen atoms in total. The van der Waals surface area contributed by atoms with Crippen LogP contribution in [0.1, 0.15) is 13.8 Å². The highest BCUT2D eigenvalue weighted by Crippen LogP contribution is 2.29. The second kappa shape index (κ2) is 6.09. The summed E-state index contributed by atoms with van der Waals surface area (Å²) in [6.07, 6.45) is 0. The van der Waals surface area contributed by atoms with Crippen molar-refractivity contribution in [2.45, 2.75) is 20.4 Å². The summed E-state index contributed by atoms with van der Waals surface area (Å²) >= 11 is 5.30. The van der Waals surface area contributed by atoms with E-state index < -0.39 is 0 Å². The number of aromatic amines is 1. The largest absolute Gasteiger partial charge is 0.497 e. The maximum atomic E-state index is 5.30. The van der Waals surface area contributed by atoms with Gasteiger partial charge < -0.3 is 9.47 Å². The molecular formula is C14H19N3O2S. The third-order valence-electron chi connectivity index (χ3n) is 2.92. The number of methoxy groups -OCH3 is 2. The molecule has 1 aromatic heterocycles. The molecule has 2 aromatic rings. The van der Waals surface area contributed by atoms with Crippen molar-refractivity contribution in [3.8, 4) is 22.9 Å². The number of hydrogen-bond donors (Lipinski definition) is 1. The van der Waals surface area contributed by atoms with Gasteiger partial charge in [0.1, 0.15) is 11.5 Å². The zero-order chi connectivity index (χ0) is 14.7. The van der Waals surface area contributed by atoms with Crippen molar-refractivity contribution < 1.29 is 9.47 Å². The molecular weight excluding hydrogens is 274 g/mol. The van der Waals surface area contributed by atoms with Gasteiger partial charge in [-0.1, -0.05) is 13.8 Å². The fourth-order valence-electron chi connectivity index (χ4n) is 2.01. The zero-order valence-corrected chi connectivity index (χ0v) is 13.0. The molecule has 6 heteroatoms. The Morgan fingerprint density at radius 1 is 1.20 bits per heavy atom. The van der Waals surface area contributed by atoms with Crippen LogP contribution >= 0.6 is 12.2 Å². The summed E-state index contributed by atoms with van der Waals surface area (Å²) in [5.41, 5.74) is 0.911. The molecule has 1 aromatic carbocycles. The van der Waals surface area contributed by atoms with Crippen molar-refractivity contribution in [3.63, 3.8) is 0 Å². The highest BCUT2D eigenvalue weighted by atomic mass is 32.1. The van der Waals surface area contributed by atoms with Crippen LogP contribution in [0, 0.1) is 10.7 Å². The molecule has 2 rings (SSSR count). The Morgan fingerprint density at radius 3 is 2.30 bits per heavy atom.